The third-order valence-corrected chi connectivity index (χ3v) is 4.94. The van der Waals surface area contributed by atoms with Crippen LogP contribution in [0.2, 0.25) is 5.02 Å². The van der Waals surface area contributed by atoms with Gasteiger partial charge in [0, 0.05) is 41.2 Å². The van der Waals surface area contributed by atoms with Gasteiger partial charge in [0.2, 0.25) is 0 Å². The molecular weight excluding hydrogens is 334 g/mol. The fourth-order valence-corrected chi connectivity index (χ4v) is 3.59. The summed E-state index contributed by atoms with van der Waals surface area (Å²) in [6.07, 6.45) is 2.47. The van der Waals surface area contributed by atoms with Gasteiger partial charge in [-0.15, -0.1) is 0 Å². The molecule has 5 heteroatoms. The van der Waals surface area contributed by atoms with Crippen molar-refractivity contribution in [1.82, 2.24) is 10.3 Å². The number of nitrogens with one attached hydrogen (secondary N) is 2. The molecular formula is C20H20ClN3O. The first-order valence-corrected chi connectivity index (χ1v) is 8.98. The highest BCUT2D eigenvalue weighted by Gasteiger charge is 2.16. The predicted octanol–water partition coefficient (Wildman–Crippen LogP) is 4.35. The zero-order valence-electron chi connectivity index (χ0n) is 13.9. The van der Waals surface area contributed by atoms with Crippen LogP contribution in [-0.4, -0.2) is 24.0 Å². The minimum atomic E-state index is -0.108. The van der Waals surface area contributed by atoms with Crippen molar-refractivity contribution in [2.75, 3.05) is 18.0 Å². The van der Waals surface area contributed by atoms with Crippen LogP contribution in [0.1, 0.15) is 28.9 Å². The molecule has 1 amide bonds. The van der Waals surface area contributed by atoms with Gasteiger partial charge in [-0.3, -0.25) is 4.79 Å². The fraction of sp³-hybridized carbons (Fsp3) is 0.250. The van der Waals surface area contributed by atoms with E-state index in [0.29, 0.717) is 17.3 Å². The molecule has 1 aromatic heterocycles. The Bertz CT molecular complexity index is 912. The van der Waals surface area contributed by atoms with E-state index in [1.54, 1.807) is 0 Å². The molecule has 2 heterocycles. The van der Waals surface area contributed by atoms with Gasteiger partial charge in [-0.2, -0.15) is 0 Å². The summed E-state index contributed by atoms with van der Waals surface area (Å²) in [5, 5.41) is 4.66. The maximum atomic E-state index is 12.5. The van der Waals surface area contributed by atoms with Crippen molar-refractivity contribution >= 4 is 34.1 Å². The van der Waals surface area contributed by atoms with Gasteiger partial charge >= 0.3 is 0 Å². The zero-order chi connectivity index (χ0) is 17.2. The number of carbonyl (C=O) groups is 1. The molecule has 0 radical (unpaired) electrons. The van der Waals surface area contributed by atoms with Crippen LogP contribution in [0.3, 0.4) is 0 Å². The lowest BCUT2D eigenvalue weighted by atomic mass is 10.1. The Hall–Kier alpha value is -2.46. The number of para-hydroxylation sites is 1. The van der Waals surface area contributed by atoms with Crippen molar-refractivity contribution in [2.45, 2.75) is 19.4 Å². The van der Waals surface area contributed by atoms with Crippen LogP contribution in [0, 0.1) is 0 Å². The van der Waals surface area contributed by atoms with Gasteiger partial charge < -0.3 is 15.2 Å². The second-order valence-corrected chi connectivity index (χ2v) is 6.86. The van der Waals surface area contributed by atoms with E-state index in [9.17, 15) is 4.79 Å². The number of nitrogens with zero attached hydrogens (tertiary/aromatic N) is 1. The maximum absolute atomic E-state index is 12.5. The molecule has 0 atom stereocenters. The molecule has 0 spiro atoms. The number of hydrogen-bond donors (Lipinski definition) is 2. The average Bonchev–Trinajstić information content (AvgIpc) is 3.29. The number of rotatable bonds is 4. The van der Waals surface area contributed by atoms with Gasteiger partial charge in [0.1, 0.15) is 5.69 Å². The molecule has 0 unspecified atom stereocenters. The van der Waals surface area contributed by atoms with E-state index in [2.05, 4.69) is 33.4 Å². The number of benzene rings is 2. The number of fused-ring (bicyclic) bond motifs is 1. The molecule has 1 fully saturated rings. The number of anilines is 1. The van der Waals surface area contributed by atoms with Gasteiger partial charge in [-0.05, 0) is 42.7 Å². The van der Waals surface area contributed by atoms with Crippen molar-refractivity contribution in [3.8, 4) is 0 Å². The molecule has 25 heavy (non-hydrogen) atoms. The summed E-state index contributed by atoms with van der Waals surface area (Å²) in [5.41, 5.74) is 3.80. The smallest absolute Gasteiger partial charge is 0.267 e. The van der Waals surface area contributed by atoms with Gasteiger partial charge in [0.15, 0.2) is 0 Å². The van der Waals surface area contributed by atoms with Crippen molar-refractivity contribution in [1.29, 1.82) is 0 Å². The highest BCUT2D eigenvalue weighted by molar-refractivity contribution is 6.31. The number of aromatic amines is 1. The Balaban J connectivity index is 1.50. The molecule has 4 nitrogen and oxygen atoms in total. The van der Waals surface area contributed by atoms with E-state index < -0.39 is 0 Å². The second-order valence-electron chi connectivity index (χ2n) is 6.42. The fourth-order valence-electron chi connectivity index (χ4n) is 3.42. The maximum Gasteiger partial charge on any atom is 0.267 e. The Morgan fingerprint density at radius 1 is 1.12 bits per heavy atom. The summed E-state index contributed by atoms with van der Waals surface area (Å²) in [6, 6.07) is 15.7. The molecule has 4 rings (SSSR count). The largest absolute Gasteiger partial charge is 0.371 e. The van der Waals surface area contributed by atoms with Crippen LogP contribution in [-0.2, 0) is 6.54 Å². The Labute approximate surface area is 151 Å². The first-order chi connectivity index (χ1) is 12.2. The quantitative estimate of drug-likeness (QED) is 0.732. The first kappa shape index (κ1) is 16.0. The van der Waals surface area contributed by atoms with E-state index in [0.717, 1.165) is 29.6 Å². The molecule has 0 bridgehead atoms. The lowest BCUT2D eigenvalue weighted by Gasteiger charge is -2.21. The molecule has 0 saturated carbocycles. The van der Waals surface area contributed by atoms with Crippen molar-refractivity contribution in [3.63, 3.8) is 0 Å². The minimum Gasteiger partial charge on any atom is -0.371 e. The molecule has 1 aliphatic rings. The van der Waals surface area contributed by atoms with E-state index in [4.69, 9.17) is 11.6 Å². The molecule has 0 aliphatic carbocycles. The van der Waals surface area contributed by atoms with Crippen molar-refractivity contribution in [2.24, 2.45) is 0 Å². The molecule has 1 saturated heterocycles. The van der Waals surface area contributed by atoms with Crippen LogP contribution < -0.4 is 10.2 Å². The zero-order valence-corrected chi connectivity index (χ0v) is 14.6. The van der Waals surface area contributed by atoms with E-state index in [1.165, 1.54) is 18.5 Å². The second kappa shape index (κ2) is 6.81. The minimum absolute atomic E-state index is 0.108. The Morgan fingerprint density at radius 3 is 2.76 bits per heavy atom. The summed E-state index contributed by atoms with van der Waals surface area (Å²) in [4.78, 5) is 18.0. The van der Waals surface area contributed by atoms with Gasteiger partial charge in [-0.25, -0.2) is 0 Å². The van der Waals surface area contributed by atoms with E-state index >= 15 is 0 Å². The van der Waals surface area contributed by atoms with E-state index in [-0.39, 0.29) is 5.91 Å². The Morgan fingerprint density at radius 2 is 1.92 bits per heavy atom. The number of hydrogen-bond acceptors (Lipinski definition) is 2. The summed E-state index contributed by atoms with van der Waals surface area (Å²) < 4.78 is 0. The lowest BCUT2D eigenvalue weighted by Crippen LogP contribution is -2.25. The van der Waals surface area contributed by atoms with Crippen molar-refractivity contribution in [3.05, 3.63) is 64.8 Å². The van der Waals surface area contributed by atoms with Crippen LogP contribution >= 0.6 is 11.6 Å². The SMILES string of the molecule is O=C(NCc1ccccc1N1CCCC1)c1cc2ccc(Cl)cc2[nH]1. The third kappa shape index (κ3) is 3.35. The summed E-state index contributed by atoms with van der Waals surface area (Å²) in [7, 11) is 0. The number of carbonyl (C=O) groups excluding carboxylic acids is 1. The van der Waals surface area contributed by atoms with Crippen LogP contribution in [0.5, 0.6) is 0 Å². The monoisotopic (exact) mass is 353 g/mol. The van der Waals surface area contributed by atoms with Crippen LogP contribution in [0.25, 0.3) is 10.9 Å². The average molecular weight is 354 g/mol. The number of amides is 1. The molecule has 3 aromatic rings. The third-order valence-electron chi connectivity index (χ3n) is 4.71. The first-order valence-electron chi connectivity index (χ1n) is 8.60. The summed E-state index contributed by atoms with van der Waals surface area (Å²) in [5.74, 6) is -0.108. The number of H-pyrrole nitrogens is 1. The number of halogens is 1. The van der Waals surface area contributed by atoms with E-state index in [1.807, 2.05) is 30.3 Å². The molecule has 2 aromatic carbocycles. The van der Waals surface area contributed by atoms with Crippen LogP contribution in [0.4, 0.5) is 5.69 Å². The molecule has 128 valence electrons. The predicted molar refractivity (Wildman–Crippen MR) is 102 cm³/mol. The van der Waals surface area contributed by atoms with Gasteiger partial charge in [-0.1, -0.05) is 35.9 Å². The normalized spacial score (nSPS) is 14.2. The summed E-state index contributed by atoms with van der Waals surface area (Å²) in [6.45, 7) is 2.70. The van der Waals surface area contributed by atoms with Gasteiger partial charge in [0.05, 0.1) is 0 Å². The highest BCUT2D eigenvalue weighted by atomic mass is 35.5. The lowest BCUT2D eigenvalue weighted by molar-refractivity contribution is 0.0947. The van der Waals surface area contributed by atoms with Crippen molar-refractivity contribution < 1.29 is 4.79 Å². The molecule has 2 N–H and O–H groups in total. The molecule has 1 aliphatic heterocycles. The summed E-state index contributed by atoms with van der Waals surface area (Å²) >= 11 is 6.00. The number of aromatic nitrogens is 1. The topological polar surface area (TPSA) is 48.1 Å². The van der Waals surface area contributed by atoms with Crippen LogP contribution in [0.15, 0.2) is 48.5 Å². The highest BCUT2D eigenvalue weighted by Crippen LogP contribution is 2.24. The van der Waals surface area contributed by atoms with Gasteiger partial charge in [0.25, 0.3) is 5.91 Å². The Kier molecular flexibility index (Phi) is 4.36. The standard InChI is InChI=1S/C20H20ClN3O/c21-16-8-7-14-11-18(23-17(14)12-16)20(25)22-13-15-5-1-2-6-19(15)24-9-3-4-10-24/h1-2,5-8,11-12,23H,3-4,9-10,13H2,(H,22,25).